The zero-order valence-electron chi connectivity index (χ0n) is 13.9. The normalized spacial score (nSPS) is 11.8. The summed E-state index contributed by atoms with van der Waals surface area (Å²) in [6.07, 6.45) is 0.830. The minimum absolute atomic E-state index is 0.0416. The molecular formula is C19H24N2O2. The van der Waals surface area contributed by atoms with Crippen molar-refractivity contribution in [2.45, 2.75) is 19.4 Å². The summed E-state index contributed by atoms with van der Waals surface area (Å²) in [7, 11) is 3.55. The van der Waals surface area contributed by atoms with Gasteiger partial charge in [0, 0.05) is 5.56 Å². The Morgan fingerprint density at radius 1 is 1.13 bits per heavy atom. The number of methoxy groups -OCH3 is 1. The topological polar surface area (TPSA) is 50.4 Å². The first-order valence-corrected chi connectivity index (χ1v) is 7.83. The van der Waals surface area contributed by atoms with E-state index in [-0.39, 0.29) is 11.9 Å². The van der Waals surface area contributed by atoms with Crippen LogP contribution < -0.4 is 15.4 Å². The third-order valence-corrected chi connectivity index (χ3v) is 3.87. The first-order chi connectivity index (χ1) is 11.2. The lowest BCUT2D eigenvalue weighted by atomic mass is 10.0. The Morgan fingerprint density at radius 3 is 2.48 bits per heavy atom. The summed E-state index contributed by atoms with van der Waals surface area (Å²) in [5, 5.41) is 6.18. The van der Waals surface area contributed by atoms with Gasteiger partial charge in [-0.15, -0.1) is 0 Å². The standard InChI is InChI=1S/C19H24N2O2/c1-14(15-8-10-17(23-3)11-9-15)21-19(22)18-7-5-4-6-16(18)12-13-20-2/h4-11,14,20H,12-13H2,1-3H3,(H,21,22). The number of carbonyl (C=O) groups excluding carboxylic acids is 1. The van der Waals surface area contributed by atoms with Gasteiger partial charge in [-0.1, -0.05) is 30.3 Å². The fraction of sp³-hybridized carbons (Fsp3) is 0.316. The molecule has 0 bridgehead atoms. The molecular weight excluding hydrogens is 288 g/mol. The van der Waals surface area contributed by atoms with Crippen molar-refractivity contribution in [3.63, 3.8) is 0 Å². The number of ether oxygens (including phenoxy) is 1. The molecule has 0 saturated heterocycles. The van der Waals surface area contributed by atoms with Crippen LogP contribution in [0.4, 0.5) is 0 Å². The molecule has 4 nitrogen and oxygen atoms in total. The molecule has 4 heteroatoms. The van der Waals surface area contributed by atoms with Crippen LogP contribution in [0.5, 0.6) is 5.75 Å². The first kappa shape index (κ1) is 17.0. The molecule has 1 amide bonds. The number of amides is 1. The Hall–Kier alpha value is -2.33. The highest BCUT2D eigenvalue weighted by Crippen LogP contribution is 2.18. The van der Waals surface area contributed by atoms with Crippen LogP contribution >= 0.6 is 0 Å². The van der Waals surface area contributed by atoms with Crippen LogP contribution in [-0.4, -0.2) is 26.6 Å². The number of benzene rings is 2. The van der Waals surface area contributed by atoms with Crippen LogP contribution in [-0.2, 0) is 6.42 Å². The maximum atomic E-state index is 12.6. The molecule has 122 valence electrons. The summed E-state index contributed by atoms with van der Waals surface area (Å²) in [6, 6.07) is 15.4. The van der Waals surface area contributed by atoms with E-state index in [1.807, 2.05) is 62.5 Å². The summed E-state index contributed by atoms with van der Waals surface area (Å²) in [6.45, 7) is 2.83. The summed E-state index contributed by atoms with van der Waals surface area (Å²) >= 11 is 0. The molecule has 0 saturated carbocycles. The van der Waals surface area contributed by atoms with Crippen molar-refractivity contribution in [2.75, 3.05) is 20.7 Å². The van der Waals surface area contributed by atoms with E-state index in [2.05, 4.69) is 10.6 Å². The molecule has 1 unspecified atom stereocenters. The predicted molar refractivity (Wildman–Crippen MR) is 92.9 cm³/mol. The van der Waals surface area contributed by atoms with E-state index in [1.54, 1.807) is 7.11 Å². The van der Waals surface area contributed by atoms with E-state index in [0.29, 0.717) is 0 Å². The molecule has 0 spiro atoms. The monoisotopic (exact) mass is 312 g/mol. The van der Waals surface area contributed by atoms with E-state index in [4.69, 9.17) is 4.74 Å². The van der Waals surface area contributed by atoms with E-state index in [0.717, 1.165) is 35.4 Å². The van der Waals surface area contributed by atoms with Crippen LogP contribution in [0.25, 0.3) is 0 Å². The number of rotatable bonds is 7. The fourth-order valence-corrected chi connectivity index (χ4v) is 2.47. The maximum Gasteiger partial charge on any atom is 0.252 e. The summed E-state index contributed by atoms with van der Waals surface area (Å²) < 4.78 is 5.16. The molecule has 0 aliphatic heterocycles. The molecule has 1 atom stereocenters. The largest absolute Gasteiger partial charge is 0.497 e. The molecule has 0 aliphatic carbocycles. The third-order valence-electron chi connectivity index (χ3n) is 3.87. The molecule has 0 fully saturated rings. The molecule has 2 N–H and O–H groups in total. The Kier molecular flexibility index (Phi) is 6.18. The lowest BCUT2D eigenvalue weighted by Crippen LogP contribution is -2.28. The van der Waals surface area contributed by atoms with Crippen molar-refractivity contribution in [1.82, 2.24) is 10.6 Å². The van der Waals surface area contributed by atoms with Crippen LogP contribution in [0.15, 0.2) is 48.5 Å². The molecule has 0 heterocycles. The summed E-state index contributed by atoms with van der Waals surface area (Å²) in [5.41, 5.74) is 2.84. The third kappa shape index (κ3) is 4.57. The van der Waals surface area contributed by atoms with Gasteiger partial charge in [-0.2, -0.15) is 0 Å². The molecule has 23 heavy (non-hydrogen) atoms. The molecule has 2 aromatic rings. The van der Waals surface area contributed by atoms with Crippen molar-refractivity contribution in [1.29, 1.82) is 0 Å². The highest BCUT2D eigenvalue weighted by molar-refractivity contribution is 5.95. The molecule has 2 aromatic carbocycles. The average molecular weight is 312 g/mol. The van der Waals surface area contributed by atoms with Crippen molar-refractivity contribution < 1.29 is 9.53 Å². The second kappa shape index (κ2) is 8.34. The zero-order chi connectivity index (χ0) is 16.7. The van der Waals surface area contributed by atoms with Gasteiger partial charge < -0.3 is 15.4 Å². The maximum absolute atomic E-state index is 12.6. The van der Waals surface area contributed by atoms with Crippen LogP contribution in [0.1, 0.15) is 34.5 Å². The first-order valence-electron chi connectivity index (χ1n) is 7.83. The number of likely N-dealkylation sites (N-methyl/N-ethyl adjacent to an activating group) is 1. The van der Waals surface area contributed by atoms with Crippen molar-refractivity contribution in [3.05, 3.63) is 65.2 Å². The van der Waals surface area contributed by atoms with Gasteiger partial charge in [-0.25, -0.2) is 0 Å². The van der Waals surface area contributed by atoms with Gasteiger partial charge in [-0.05, 0) is 56.3 Å². The van der Waals surface area contributed by atoms with Crippen LogP contribution in [0, 0.1) is 0 Å². The Balaban J connectivity index is 2.08. The Bertz CT molecular complexity index is 638. The lowest BCUT2D eigenvalue weighted by Gasteiger charge is -2.16. The van der Waals surface area contributed by atoms with Crippen molar-refractivity contribution >= 4 is 5.91 Å². The molecule has 2 rings (SSSR count). The second-order valence-corrected chi connectivity index (χ2v) is 5.48. The minimum atomic E-state index is -0.0641. The van der Waals surface area contributed by atoms with Gasteiger partial charge in [0.05, 0.1) is 13.2 Å². The highest BCUT2D eigenvalue weighted by atomic mass is 16.5. The van der Waals surface area contributed by atoms with Gasteiger partial charge in [0.2, 0.25) is 0 Å². The smallest absolute Gasteiger partial charge is 0.252 e. The van der Waals surface area contributed by atoms with E-state index >= 15 is 0 Å². The van der Waals surface area contributed by atoms with E-state index < -0.39 is 0 Å². The van der Waals surface area contributed by atoms with Crippen molar-refractivity contribution in [2.24, 2.45) is 0 Å². The Morgan fingerprint density at radius 2 is 1.83 bits per heavy atom. The SMILES string of the molecule is CNCCc1ccccc1C(=O)NC(C)c1ccc(OC)cc1. The van der Waals surface area contributed by atoms with Gasteiger partial charge >= 0.3 is 0 Å². The summed E-state index contributed by atoms with van der Waals surface area (Å²) in [4.78, 5) is 12.6. The van der Waals surface area contributed by atoms with Crippen LogP contribution in [0.2, 0.25) is 0 Å². The van der Waals surface area contributed by atoms with E-state index in [1.165, 1.54) is 0 Å². The average Bonchev–Trinajstić information content (AvgIpc) is 2.60. The quantitative estimate of drug-likeness (QED) is 0.826. The van der Waals surface area contributed by atoms with E-state index in [9.17, 15) is 4.79 Å². The Labute approximate surface area is 137 Å². The second-order valence-electron chi connectivity index (χ2n) is 5.48. The lowest BCUT2D eigenvalue weighted by molar-refractivity contribution is 0.0939. The van der Waals surface area contributed by atoms with Crippen LogP contribution in [0.3, 0.4) is 0 Å². The number of hydrogen-bond donors (Lipinski definition) is 2. The molecule has 0 aromatic heterocycles. The summed E-state index contributed by atoms with van der Waals surface area (Å²) in [5.74, 6) is 0.768. The number of nitrogens with one attached hydrogen (secondary N) is 2. The fourth-order valence-electron chi connectivity index (χ4n) is 2.47. The molecule has 0 aliphatic rings. The predicted octanol–water partition coefficient (Wildman–Crippen LogP) is 2.95. The minimum Gasteiger partial charge on any atom is -0.497 e. The van der Waals surface area contributed by atoms with Gasteiger partial charge in [0.25, 0.3) is 5.91 Å². The number of carbonyl (C=O) groups is 1. The zero-order valence-corrected chi connectivity index (χ0v) is 13.9. The molecule has 0 radical (unpaired) electrons. The van der Waals surface area contributed by atoms with Gasteiger partial charge in [-0.3, -0.25) is 4.79 Å². The van der Waals surface area contributed by atoms with Gasteiger partial charge in [0.1, 0.15) is 5.75 Å². The number of hydrogen-bond acceptors (Lipinski definition) is 3. The van der Waals surface area contributed by atoms with Crippen molar-refractivity contribution in [3.8, 4) is 5.75 Å². The van der Waals surface area contributed by atoms with Gasteiger partial charge in [0.15, 0.2) is 0 Å². The highest BCUT2D eigenvalue weighted by Gasteiger charge is 2.14.